The number of carbonyl (C=O) groups is 1. The van der Waals surface area contributed by atoms with E-state index in [9.17, 15) is 18.4 Å². The first-order chi connectivity index (χ1) is 10.5. The van der Waals surface area contributed by atoms with Crippen LogP contribution in [0.2, 0.25) is 0 Å². The Morgan fingerprint density at radius 1 is 1.32 bits per heavy atom. The first-order valence-electron chi connectivity index (χ1n) is 6.42. The molecule has 114 valence electrons. The Balaban J connectivity index is 2.22. The molecule has 1 unspecified atom stereocenters. The average Bonchev–Trinajstić information content (AvgIpc) is 2.48. The number of nitrogens with one attached hydrogen (secondary N) is 2. The van der Waals surface area contributed by atoms with Crippen molar-refractivity contribution in [2.45, 2.75) is 17.5 Å². The summed E-state index contributed by atoms with van der Waals surface area (Å²) < 4.78 is 27.4. The van der Waals surface area contributed by atoms with Gasteiger partial charge in [-0.05, 0) is 30.0 Å². The van der Waals surface area contributed by atoms with Crippen molar-refractivity contribution >= 4 is 23.5 Å². The number of carbonyl (C=O) groups excluding carboxylic acids is 1. The van der Waals surface area contributed by atoms with Gasteiger partial charge in [0.15, 0.2) is 5.16 Å². The molecule has 1 aromatic carbocycles. The van der Waals surface area contributed by atoms with Gasteiger partial charge in [0.1, 0.15) is 17.5 Å². The van der Waals surface area contributed by atoms with Gasteiger partial charge in [0, 0.05) is 12.3 Å². The van der Waals surface area contributed by atoms with Crippen molar-refractivity contribution in [3.8, 4) is 0 Å². The molecule has 1 aromatic heterocycles. The predicted molar refractivity (Wildman–Crippen MR) is 78.1 cm³/mol. The smallest absolute Gasteiger partial charge is 0.257 e. The summed E-state index contributed by atoms with van der Waals surface area (Å²) in [5, 5.41) is 2.85. The number of H-pyrrole nitrogens is 1. The van der Waals surface area contributed by atoms with E-state index in [1.807, 2.05) is 0 Å². The molecule has 0 radical (unpaired) electrons. The molecular weight excluding hydrogens is 312 g/mol. The number of thioether (sulfide) groups is 1. The largest absolute Gasteiger partial charge is 0.310 e. The summed E-state index contributed by atoms with van der Waals surface area (Å²) in [5.74, 6) is -2.47. The fourth-order valence-electron chi connectivity index (χ4n) is 2.49. The maximum Gasteiger partial charge on any atom is 0.257 e. The zero-order valence-electron chi connectivity index (χ0n) is 11.4. The fourth-order valence-corrected chi connectivity index (χ4v) is 2.87. The van der Waals surface area contributed by atoms with Crippen molar-refractivity contribution in [3.63, 3.8) is 0 Å². The minimum Gasteiger partial charge on any atom is -0.310 e. The molecule has 1 aliphatic heterocycles. The van der Waals surface area contributed by atoms with Gasteiger partial charge in [0.05, 0.1) is 5.56 Å². The molecule has 8 heteroatoms. The van der Waals surface area contributed by atoms with Gasteiger partial charge in [-0.2, -0.15) is 0 Å². The second kappa shape index (κ2) is 5.53. The summed E-state index contributed by atoms with van der Waals surface area (Å²) in [7, 11) is 0. The Morgan fingerprint density at radius 3 is 2.82 bits per heavy atom. The molecule has 5 nitrogen and oxygen atoms in total. The van der Waals surface area contributed by atoms with E-state index in [0.29, 0.717) is 5.16 Å². The Morgan fingerprint density at radius 2 is 2.09 bits per heavy atom. The highest BCUT2D eigenvalue weighted by Gasteiger charge is 2.32. The van der Waals surface area contributed by atoms with E-state index in [4.69, 9.17) is 0 Å². The molecule has 3 rings (SSSR count). The number of fused-ring (bicyclic) bond motifs is 1. The molecule has 22 heavy (non-hydrogen) atoms. The molecule has 0 spiro atoms. The van der Waals surface area contributed by atoms with E-state index < -0.39 is 29.0 Å². The summed E-state index contributed by atoms with van der Waals surface area (Å²) in [5.41, 5.74) is -0.356. The van der Waals surface area contributed by atoms with Gasteiger partial charge in [0.25, 0.3) is 5.56 Å². The van der Waals surface area contributed by atoms with Crippen LogP contribution in [0.4, 0.5) is 14.6 Å². The van der Waals surface area contributed by atoms with Gasteiger partial charge in [-0.25, -0.2) is 13.8 Å². The van der Waals surface area contributed by atoms with Gasteiger partial charge in [-0.3, -0.25) is 9.59 Å². The van der Waals surface area contributed by atoms with Crippen molar-refractivity contribution in [3.05, 3.63) is 51.3 Å². The molecule has 0 fully saturated rings. The maximum absolute atomic E-state index is 14.0. The molecule has 2 N–H and O–H groups in total. The lowest BCUT2D eigenvalue weighted by atomic mass is 9.86. The van der Waals surface area contributed by atoms with Crippen molar-refractivity contribution in [1.82, 2.24) is 9.97 Å². The van der Waals surface area contributed by atoms with Crippen LogP contribution in [0.1, 0.15) is 23.5 Å². The normalized spacial score (nSPS) is 17.0. The van der Waals surface area contributed by atoms with Crippen LogP contribution in [0.5, 0.6) is 0 Å². The molecule has 1 amide bonds. The molecule has 0 saturated carbocycles. The average molecular weight is 323 g/mol. The monoisotopic (exact) mass is 323 g/mol. The van der Waals surface area contributed by atoms with E-state index in [-0.39, 0.29) is 23.4 Å². The molecule has 2 heterocycles. The van der Waals surface area contributed by atoms with Gasteiger partial charge in [0.2, 0.25) is 5.91 Å². The number of benzene rings is 1. The lowest BCUT2D eigenvalue weighted by Gasteiger charge is -2.24. The van der Waals surface area contributed by atoms with Gasteiger partial charge < -0.3 is 10.3 Å². The number of rotatable bonds is 2. The van der Waals surface area contributed by atoms with Crippen LogP contribution in [0.15, 0.2) is 28.2 Å². The molecule has 1 atom stereocenters. The first kappa shape index (κ1) is 14.7. The fraction of sp³-hybridized carbons (Fsp3) is 0.214. The van der Waals surface area contributed by atoms with E-state index in [0.717, 1.165) is 18.2 Å². The number of aromatic amines is 1. The summed E-state index contributed by atoms with van der Waals surface area (Å²) in [6.07, 6.45) is 1.58. The summed E-state index contributed by atoms with van der Waals surface area (Å²) in [6.45, 7) is 0. The highest BCUT2D eigenvalue weighted by atomic mass is 32.2. The van der Waals surface area contributed by atoms with Crippen molar-refractivity contribution in [2.24, 2.45) is 0 Å². The standard InChI is InChI=1S/C14H11F2N3O2S/c1-22-14-18-12-11(13(21)19-14)8(5-10(20)17-12)7-4-6(15)2-3-9(7)16/h2-4,8H,5H2,1H3,(H2,17,18,19,20,21). The Labute approximate surface area is 128 Å². The van der Waals surface area contributed by atoms with E-state index in [2.05, 4.69) is 15.3 Å². The topological polar surface area (TPSA) is 74.8 Å². The SMILES string of the molecule is CSc1nc2c(c(=O)[nH]1)C(c1cc(F)ccc1F)CC(=O)N2. The lowest BCUT2D eigenvalue weighted by molar-refractivity contribution is -0.116. The summed E-state index contributed by atoms with van der Waals surface area (Å²) in [6, 6.07) is 2.97. The third-order valence-corrected chi connectivity index (χ3v) is 4.04. The number of halogens is 2. The molecule has 1 aliphatic rings. The third-order valence-electron chi connectivity index (χ3n) is 3.46. The Hall–Kier alpha value is -2.22. The minimum absolute atomic E-state index is 0.0275. The van der Waals surface area contributed by atoms with Crippen LogP contribution < -0.4 is 10.9 Å². The summed E-state index contributed by atoms with van der Waals surface area (Å²) >= 11 is 1.21. The number of aromatic nitrogens is 2. The number of hydrogen-bond acceptors (Lipinski definition) is 4. The Kier molecular flexibility index (Phi) is 3.69. The van der Waals surface area contributed by atoms with Crippen LogP contribution in [-0.4, -0.2) is 22.1 Å². The summed E-state index contributed by atoms with van der Waals surface area (Å²) in [4.78, 5) is 30.8. The third kappa shape index (κ3) is 2.50. The molecule has 0 aliphatic carbocycles. The van der Waals surface area contributed by atoms with E-state index in [1.165, 1.54) is 11.8 Å². The zero-order valence-corrected chi connectivity index (χ0v) is 12.3. The van der Waals surface area contributed by atoms with Crippen LogP contribution >= 0.6 is 11.8 Å². The van der Waals surface area contributed by atoms with Crippen molar-refractivity contribution in [2.75, 3.05) is 11.6 Å². The number of anilines is 1. The van der Waals surface area contributed by atoms with Gasteiger partial charge in [-0.1, -0.05) is 11.8 Å². The van der Waals surface area contributed by atoms with E-state index in [1.54, 1.807) is 6.26 Å². The predicted octanol–water partition coefficient (Wildman–Crippen LogP) is 2.24. The lowest BCUT2D eigenvalue weighted by Crippen LogP contribution is -2.31. The second-order valence-electron chi connectivity index (χ2n) is 4.81. The molecule has 2 aromatic rings. The van der Waals surface area contributed by atoms with Gasteiger partial charge >= 0.3 is 0 Å². The maximum atomic E-state index is 14.0. The van der Waals surface area contributed by atoms with Crippen LogP contribution in [0, 0.1) is 11.6 Å². The van der Waals surface area contributed by atoms with Crippen molar-refractivity contribution < 1.29 is 13.6 Å². The van der Waals surface area contributed by atoms with E-state index >= 15 is 0 Å². The highest BCUT2D eigenvalue weighted by molar-refractivity contribution is 7.98. The van der Waals surface area contributed by atoms with Crippen LogP contribution in [0.25, 0.3) is 0 Å². The molecule has 0 bridgehead atoms. The number of amides is 1. The van der Waals surface area contributed by atoms with Crippen LogP contribution in [-0.2, 0) is 4.79 Å². The zero-order chi connectivity index (χ0) is 15.9. The van der Waals surface area contributed by atoms with Gasteiger partial charge in [-0.15, -0.1) is 0 Å². The second-order valence-corrected chi connectivity index (χ2v) is 5.60. The number of hydrogen-bond donors (Lipinski definition) is 2. The Bertz CT molecular complexity index is 822. The molecule has 0 saturated heterocycles. The van der Waals surface area contributed by atoms with Crippen LogP contribution in [0.3, 0.4) is 0 Å². The number of nitrogens with zero attached hydrogens (tertiary/aromatic N) is 1. The minimum atomic E-state index is -0.869. The van der Waals surface area contributed by atoms with Crippen molar-refractivity contribution in [1.29, 1.82) is 0 Å². The molecular formula is C14H11F2N3O2S. The first-order valence-corrected chi connectivity index (χ1v) is 7.65. The quantitative estimate of drug-likeness (QED) is 0.656. The highest BCUT2D eigenvalue weighted by Crippen LogP contribution is 2.35.